The van der Waals surface area contributed by atoms with Crippen molar-refractivity contribution in [3.8, 4) is 0 Å². The molecular weight excluding hydrogens is 316 g/mol. The number of carbonyl (C=O) groups excluding carboxylic acids is 2. The Bertz CT molecular complexity index is 816. The number of primary amides is 1. The number of aromatic nitrogens is 2. The van der Waals surface area contributed by atoms with Crippen LogP contribution in [0.3, 0.4) is 0 Å². The van der Waals surface area contributed by atoms with Gasteiger partial charge in [-0.05, 0) is 32.9 Å². The van der Waals surface area contributed by atoms with Crippen LogP contribution in [-0.4, -0.2) is 26.7 Å². The standard InChI is InChI=1S/C15H18N4O3S/c1-8(2)19-13(21)10-6-4-5-7-11(10)17-15(19)23-9(3)12(20)18-14(16)22/h4-9H,1-3H3,(H3,16,18,20,22)/t9-/m1/s1. The van der Waals surface area contributed by atoms with Crippen molar-refractivity contribution in [3.05, 3.63) is 34.6 Å². The van der Waals surface area contributed by atoms with Crippen molar-refractivity contribution in [2.24, 2.45) is 5.73 Å². The number of benzene rings is 1. The Kier molecular flexibility index (Phi) is 5.05. The summed E-state index contributed by atoms with van der Waals surface area (Å²) >= 11 is 1.11. The second kappa shape index (κ2) is 6.82. The number of thioether (sulfide) groups is 1. The zero-order valence-electron chi connectivity index (χ0n) is 13.1. The molecule has 23 heavy (non-hydrogen) atoms. The minimum atomic E-state index is -0.907. The van der Waals surface area contributed by atoms with Gasteiger partial charge >= 0.3 is 6.03 Å². The lowest BCUT2D eigenvalue weighted by atomic mass is 10.2. The summed E-state index contributed by atoms with van der Waals surface area (Å²) in [4.78, 5) is 39.8. The number of nitrogens with zero attached hydrogens (tertiary/aromatic N) is 2. The number of carbonyl (C=O) groups is 2. The number of urea groups is 1. The van der Waals surface area contributed by atoms with Crippen LogP contribution in [-0.2, 0) is 4.79 Å². The van der Waals surface area contributed by atoms with E-state index in [1.54, 1.807) is 35.8 Å². The Morgan fingerprint density at radius 3 is 2.52 bits per heavy atom. The number of nitrogens with one attached hydrogen (secondary N) is 1. The summed E-state index contributed by atoms with van der Waals surface area (Å²) in [6, 6.07) is 6.03. The molecule has 8 heteroatoms. The maximum atomic E-state index is 12.7. The first-order chi connectivity index (χ1) is 10.8. The quantitative estimate of drug-likeness (QED) is 0.653. The molecule has 122 valence electrons. The molecule has 1 aromatic carbocycles. The molecule has 1 atom stereocenters. The molecule has 3 N–H and O–H groups in total. The summed E-state index contributed by atoms with van der Waals surface area (Å²) in [5.41, 5.74) is 5.36. The third kappa shape index (κ3) is 3.70. The smallest absolute Gasteiger partial charge is 0.318 e. The second-order valence-corrected chi connectivity index (χ2v) is 6.60. The van der Waals surface area contributed by atoms with Crippen LogP contribution in [0.2, 0.25) is 0 Å². The Hall–Kier alpha value is -2.35. The van der Waals surface area contributed by atoms with Crippen LogP contribution in [0, 0.1) is 0 Å². The van der Waals surface area contributed by atoms with Gasteiger partial charge < -0.3 is 5.73 Å². The first kappa shape index (κ1) is 17.0. The summed E-state index contributed by atoms with van der Waals surface area (Å²) in [6.07, 6.45) is 0. The van der Waals surface area contributed by atoms with E-state index >= 15 is 0 Å². The van der Waals surface area contributed by atoms with E-state index in [4.69, 9.17) is 5.73 Å². The van der Waals surface area contributed by atoms with Gasteiger partial charge in [-0.15, -0.1) is 0 Å². The fourth-order valence-electron chi connectivity index (χ4n) is 2.10. The van der Waals surface area contributed by atoms with Crippen molar-refractivity contribution in [2.45, 2.75) is 37.2 Å². The van der Waals surface area contributed by atoms with E-state index < -0.39 is 17.2 Å². The Morgan fingerprint density at radius 2 is 1.91 bits per heavy atom. The third-order valence-corrected chi connectivity index (χ3v) is 4.26. The van der Waals surface area contributed by atoms with E-state index in [1.165, 1.54) is 0 Å². The van der Waals surface area contributed by atoms with Crippen molar-refractivity contribution >= 4 is 34.6 Å². The van der Waals surface area contributed by atoms with E-state index in [0.29, 0.717) is 16.1 Å². The number of para-hydroxylation sites is 1. The van der Waals surface area contributed by atoms with Crippen LogP contribution >= 0.6 is 11.8 Å². The van der Waals surface area contributed by atoms with Gasteiger partial charge in [-0.1, -0.05) is 23.9 Å². The van der Waals surface area contributed by atoms with Crippen molar-refractivity contribution < 1.29 is 9.59 Å². The normalized spacial score (nSPS) is 12.3. The molecule has 0 bridgehead atoms. The van der Waals surface area contributed by atoms with Crippen LogP contribution in [0.4, 0.5) is 4.79 Å². The molecule has 0 fully saturated rings. The Morgan fingerprint density at radius 1 is 1.26 bits per heavy atom. The highest BCUT2D eigenvalue weighted by molar-refractivity contribution is 8.00. The molecular formula is C15H18N4O3S. The summed E-state index contributed by atoms with van der Waals surface area (Å²) in [7, 11) is 0. The molecule has 0 aliphatic heterocycles. The molecule has 0 unspecified atom stereocenters. The van der Waals surface area contributed by atoms with Gasteiger partial charge in [0.15, 0.2) is 5.16 Å². The number of nitrogens with two attached hydrogens (primary N) is 1. The van der Waals surface area contributed by atoms with E-state index in [9.17, 15) is 14.4 Å². The first-order valence-electron chi connectivity index (χ1n) is 7.09. The molecule has 0 spiro atoms. The molecule has 0 saturated carbocycles. The SMILES string of the molecule is CC(C)n1c(S[C@H](C)C(=O)NC(N)=O)nc2ccccc2c1=O. The van der Waals surface area contributed by atoms with Crippen LogP contribution in [0.1, 0.15) is 26.8 Å². The van der Waals surface area contributed by atoms with Crippen LogP contribution in [0.25, 0.3) is 10.9 Å². The van der Waals surface area contributed by atoms with Gasteiger partial charge in [0.2, 0.25) is 5.91 Å². The fourth-order valence-corrected chi connectivity index (χ4v) is 3.14. The molecule has 1 heterocycles. The highest BCUT2D eigenvalue weighted by Gasteiger charge is 2.21. The topological polar surface area (TPSA) is 107 Å². The maximum absolute atomic E-state index is 12.7. The van der Waals surface area contributed by atoms with Crippen molar-refractivity contribution in [1.29, 1.82) is 0 Å². The molecule has 2 rings (SSSR count). The van der Waals surface area contributed by atoms with Crippen LogP contribution < -0.4 is 16.6 Å². The molecule has 1 aromatic heterocycles. The Balaban J connectivity index is 2.47. The molecule has 3 amide bonds. The van der Waals surface area contributed by atoms with E-state index in [1.807, 2.05) is 19.2 Å². The summed E-state index contributed by atoms with van der Waals surface area (Å²) in [6.45, 7) is 5.36. The number of hydrogen-bond acceptors (Lipinski definition) is 5. The second-order valence-electron chi connectivity index (χ2n) is 5.29. The number of imide groups is 1. The monoisotopic (exact) mass is 334 g/mol. The Labute approximate surface area is 137 Å². The fraction of sp³-hybridized carbons (Fsp3) is 0.333. The van der Waals surface area contributed by atoms with Crippen LogP contribution in [0.15, 0.2) is 34.2 Å². The number of hydrogen-bond donors (Lipinski definition) is 2. The van der Waals surface area contributed by atoms with Crippen molar-refractivity contribution in [1.82, 2.24) is 14.9 Å². The third-order valence-electron chi connectivity index (χ3n) is 3.19. The largest absolute Gasteiger partial charge is 0.351 e. The summed E-state index contributed by atoms with van der Waals surface area (Å²) in [5, 5.41) is 2.36. The van der Waals surface area contributed by atoms with Gasteiger partial charge in [0.1, 0.15) is 0 Å². The van der Waals surface area contributed by atoms with Crippen molar-refractivity contribution in [3.63, 3.8) is 0 Å². The molecule has 0 aliphatic carbocycles. The van der Waals surface area contributed by atoms with Crippen molar-refractivity contribution in [2.75, 3.05) is 0 Å². The molecule has 2 aromatic rings. The molecule has 7 nitrogen and oxygen atoms in total. The van der Waals surface area contributed by atoms with Gasteiger partial charge in [-0.2, -0.15) is 0 Å². The lowest BCUT2D eigenvalue weighted by Gasteiger charge is -2.18. The number of fused-ring (bicyclic) bond motifs is 1. The highest BCUT2D eigenvalue weighted by atomic mass is 32.2. The zero-order valence-corrected chi connectivity index (χ0v) is 13.9. The van der Waals surface area contributed by atoms with Gasteiger partial charge in [0, 0.05) is 6.04 Å². The summed E-state index contributed by atoms with van der Waals surface area (Å²) in [5.74, 6) is -0.528. The lowest BCUT2D eigenvalue weighted by Crippen LogP contribution is -2.39. The van der Waals surface area contributed by atoms with Crippen LogP contribution in [0.5, 0.6) is 0 Å². The zero-order chi connectivity index (χ0) is 17.1. The summed E-state index contributed by atoms with van der Waals surface area (Å²) < 4.78 is 1.54. The minimum absolute atomic E-state index is 0.117. The maximum Gasteiger partial charge on any atom is 0.318 e. The number of rotatable bonds is 4. The average Bonchev–Trinajstić information content (AvgIpc) is 2.46. The predicted octanol–water partition coefficient (Wildman–Crippen LogP) is 1.65. The molecule has 0 aliphatic rings. The molecule has 0 saturated heterocycles. The first-order valence-corrected chi connectivity index (χ1v) is 7.97. The van der Waals surface area contributed by atoms with Gasteiger partial charge in [0.25, 0.3) is 5.56 Å². The van der Waals surface area contributed by atoms with Gasteiger partial charge in [0.05, 0.1) is 16.2 Å². The average molecular weight is 334 g/mol. The van der Waals surface area contributed by atoms with E-state index in [0.717, 1.165) is 11.8 Å². The minimum Gasteiger partial charge on any atom is -0.351 e. The molecule has 0 radical (unpaired) electrons. The highest BCUT2D eigenvalue weighted by Crippen LogP contribution is 2.24. The van der Waals surface area contributed by atoms with E-state index in [2.05, 4.69) is 4.98 Å². The van der Waals surface area contributed by atoms with Gasteiger partial charge in [-0.25, -0.2) is 9.78 Å². The van der Waals surface area contributed by atoms with E-state index in [-0.39, 0.29) is 11.6 Å². The number of amides is 3. The van der Waals surface area contributed by atoms with Gasteiger partial charge in [-0.3, -0.25) is 19.5 Å². The lowest BCUT2D eigenvalue weighted by molar-refractivity contribution is -0.119. The predicted molar refractivity (Wildman–Crippen MR) is 89.4 cm³/mol.